The molecule has 2 N–H and O–H groups in total. The van der Waals surface area contributed by atoms with Gasteiger partial charge < -0.3 is 5.73 Å². The molecule has 0 fully saturated rings. The molecule has 0 unspecified atom stereocenters. The summed E-state index contributed by atoms with van der Waals surface area (Å²) in [7, 11) is 2.01. The minimum Gasteiger partial charge on any atom is -0.370 e. The monoisotopic (exact) mass is 220 g/mol. The number of hydrogen-bond donors (Lipinski definition) is 1. The number of primary amides is 1. The number of hydrogen-bond acceptors (Lipinski definition) is 2. The maximum absolute atomic E-state index is 10.8. The van der Waals surface area contributed by atoms with Crippen molar-refractivity contribution in [3.8, 4) is 0 Å². The largest absolute Gasteiger partial charge is 0.370 e. The fraction of sp³-hybridized carbons (Fsp3) is 0.462. The van der Waals surface area contributed by atoms with Gasteiger partial charge in [-0.3, -0.25) is 9.69 Å². The Hall–Kier alpha value is -1.35. The van der Waals surface area contributed by atoms with Gasteiger partial charge in [-0.2, -0.15) is 0 Å². The summed E-state index contributed by atoms with van der Waals surface area (Å²) in [6.07, 6.45) is 0.405. The summed E-state index contributed by atoms with van der Waals surface area (Å²) in [6.45, 7) is 4.93. The van der Waals surface area contributed by atoms with E-state index in [0.717, 1.165) is 6.54 Å². The Morgan fingerprint density at radius 1 is 1.38 bits per heavy atom. The first-order valence-electron chi connectivity index (χ1n) is 5.53. The number of rotatable bonds is 5. The van der Waals surface area contributed by atoms with Gasteiger partial charge in [0.2, 0.25) is 5.91 Å². The van der Waals surface area contributed by atoms with Gasteiger partial charge in [0.1, 0.15) is 0 Å². The van der Waals surface area contributed by atoms with Crippen molar-refractivity contribution >= 4 is 5.91 Å². The highest BCUT2D eigenvalue weighted by Crippen LogP contribution is 2.09. The molecule has 0 spiro atoms. The summed E-state index contributed by atoms with van der Waals surface area (Å²) >= 11 is 0. The molecule has 3 heteroatoms. The summed E-state index contributed by atoms with van der Waals surface area (Å²) in [6, 6.07) is 8.61. The van der Waals surface area contributed by atoms with Crippen LogP contribution in [-0.4, -0.2) is 23.9 Å². The van der Waals surface area contributed by atoms with E-state index in [-0.39, 0.29) is 11.9 Å². The second-order valence-corrected chi connectivity index (χ2v) is 4.42. The maximum atomic E-state index is 10.8. The molecule has 1 aromatic rings. The molecule has 1 aromatic carbocycles. The van der Waals surface area contributed by atoms with E-state index in [1.807, 2.05) is 14.0 Å². The zero-order chi connectivity index (χ0) is 12.1. The zero-order valence-corrected chi connectivity index (χ0v) is 10.2. The van der Waals surface area contributed by atoms with E-state index in [9.17, 15) is 4.79 Å². The Morgan fingerprint density at radius 2 is 1.94 bits per heavy atom. The van der Waals surface area contributed by atoms with E-state index in [4.69, 9.17) is 5.73 Å². The highest BCUT2D eigenvalue weighted by atomic mass is 16.1. The molecular weight excluding hydrogens is 200 g/mol. The molecule has 3 nitrogen and oxygen atoms in total. The molecule has 0 aliphatic carbocycles. The molecule has 0 bridgehead atoms. The minimum absolute atomic E-state index is 0.179. The Bertz CT molecular complexity index is 345. The molecule has 1 amide bonds. The minimum atomic E-state index is -0.247. The van der Waals surface area contributed by atoms with E-state index in [1.165, 1.54) is 11.1 Å². The summed E-state index contributed by atoms with van der Waals surface area (Å²) in [5.41, 5.74) is 7.69. The first kappa shape index (κ1) is 12.7. The van der Waals surface area contributed by atoms with Crippen molar-refractivity contribution in [1.82, 2.24) is 4.90 Å². The van der Waals surface area contributed by atoms with Gasteiger partial charge in [-0.1, -0.05) is 29.8 Å². The van der Waals surface area contributed by atoms with Crippen LogP contribution in [0.25, 0.3) is 0 Å². The SMILES string of the molecule is Cc1ccc(CN(C)[C@H](C)CC(N)=O)cc1. The van der Waals surface area contributed by atoms with Crippen LogP contribution in [0.4, 0.5) is 0 Å². The molecule has 0 saturated carbocycles. The number of nitrogens with two attached hydrogens (primary N) is 1. The van der Waals surface area contributed by atoms with Crippen molar-refractivity contribution in [2.45, 2.75) is 32.9 Å². The molecule has 1 rings (SSSR count). The first-order chi connectivity index (χ1) is 7.49. The number of amides is 1. The van der Waals surface area contributed by atoms with E-state index < -0.39 is 0 Å². The average molecular weight is 220 g/mol. The van der Waals surface area contributed by atoms with Crippen LogP contribution in [-0.2, 0) is 11.3 Å². The maximum Gasteiger partial charge on any atom is 0.218 e. The third-order valence-corrected chi connectivity index (χ3v) is 2.80. The zero-order valence-electron chi connectivity index (χ0n) is 10.2. The van der Waals surface area contributed by atoms with Crippen molar-refractivity contribution in [1.29, 1.82) is 0 Å². The summed E-state index contributed by atoms with van der Waals surface area (Å²) in [5, 5.41) is 0. The van der Waals surface area contributed by atoms with Crippen molar-refractivity contribution in [3.05, 3.63) is 35.4 Å². The van der Waals surface area contributed by atoms with E-state index >= 15 is 0 Å². The summed E-state index contributed by atoms with van der Waals surface area (Å²) < 4.78 is 0. The standard InChI is InChI=1S/C13H20N2O/c1-10-4-6-12(7-5-10)9-15(3)11(2)8-13(14)16/h4-7,11H,8-9H2,1-3H3,(H2,14,16)/t11-/m1/s1. The highest BCUT2D eigenvalue weighted by Gasteiger charge is 2.11. The number of aryl methyl sites for hydroxylation is 1. The van der Waals surface area contributed by atoms with Crippen LogP contribution >= 0.6 is 0 Å². The molecule has 0 aromatic heterocycles. The van der Waals surface area contributed by atoms with Crippen molar-refractivity contribution in [3.63, 3.8) is 0 Å². The Labute approximate surface area is 97.2 Å². The lowest BCUT2D eigenvalue weighted by atomic mass is 10.1. The second kappa shape index (κ2) is 5.66. The van der Waals surface area contributed by atoms with Crippen LogP contribution in [0.2, 0.25) is 0 Å². The van der Waals surface area contributed by atoms with Gasteiger partial charge in [-0.25, -0.2) is 0 Å². The normalized spacial score (nSPS) is 12.8. The van der Waals surface area contributed by atoms with E-state index in [1.54, 1.807) is 0 Å². The third kappa shape index (κ3) is 4.03. The van der Waals surface area contributed by atoms with Crippen LogP contribution < -0.4 is 5.73 Å². The number of carbonyl (C=O) groups excluding carboxylic acids is 1. The number of nitrogens with zero attached hydrogens (tertiary/aromatic N) is 1. The van der Waals surface area contributed by atoms with Crippen LogP contribution in [0.5, 0.6) is 0 Å². The van der Waals surface area contributed by atoms with Crippen molar-refractivity contribution in [2.75, 3.05) is 7.05 Å². The van der Waals surface area contributed by atoms with E-state index in [2.05, 4.69) is 36.1 Å². The first-order valence-corrected chi connectivity index (χ1v) is 5.53. The van der Waals surface area contributed by atoms with Gasteiger partial charge >= 0.3 is 0 Å². The molecule has 16 heavy (non-hydrogen) atoms. The quantitative estimate of drug-likeness (QED) is 0.820. The molecule has 0 saturated heterocycles. The molecule has 0 radical (unpaired) electrons. The molecule has 1 atom stereocenters. The lowest BCUT2D eigenvalue weighted by Crippen LogP contribution is -2.32. The van der Waals surface area contributed by atoms with Crippen molar-refractivity contribution in [2.24, 2.45) is 5.73 Å². The van der Waals surface area contributed by atoms with Gasteiger partial charge in [0, 0.05) is 19.0 Å². The molecule has 0 aliphatic rings. The van der Waals surface area contributed by atoms with E-state index in [0.29, 0.717) is 6.42 Å². The lowest BCUT2D eigenvalue weighted by molar-refractivity contribution is -0.119. The van der Waals surface area contributed by atoms with Crippen LogP contribution in [0, 0.1) is 6.92 Å². The topological polar surface area (TPSA) is 46.3 Å². The average Bonchev–Trinajstić information content (AvgIpc) is 2.20. The van der Waals surface area contributed by atoms with Crippen molar-refractivity contribution < 1.29 is 4.79 Å². The number of carbonyl (C=O) groups is 1. The van der Waals surface area contributed by atoms with Gasteiger partial charge in [0.05, 0.1) is 0 Å². The summed E-state index contributed by atoms with van der Waals surface area (Å²) in [5.74, 6) is -0.247. The Morgan fingerprint density at radius 3 is 2.44 bits per heavy atom. The number of benzene rings is 1. The van der Waals surface area contributed by atoms with Gasteiger partial charge in [0.15, 0.2) is 0 Å². The van der Waals surface area contributed by atoms with Crippen LogP contribution in [0.15, 0.2) is 24.3 Å². The predicted octanol–water partition coefficient (Wildman–Crippen LogP) is 1.69. The fourth-order valence-electron chi connectivity index (χ4n) is 1.58. The lowest BCUT2D eigenvalue weighted by Gasteiger charge is -2.23. The fourth-order valence-corrected chi connectivity index (χ4v) is 1.58. The molecule has 88 valence electrons. The van der Waals surface area contributed by atoms with Gasteiger partial charge in [-0.05, 0) is 26.5 Å². The molecule has 0 heterocycles. The summed E-state index contributed by atoms with van der Waals surface area (Å²) in [4.78, 5) is 12.9. The molecule has 0 aliphatic heterocycles. The smallest absolute Gasteiger partial charge is 0.218 e. The van der Waals surface area contributed by atoms with Gasteiger partial charge in [0.25, 0.3) is 0 Å². The predicted molar refractivity (Wildman–Crippen MR) is 65.9 cm³/mol. The second-order valence-electron chi connectivity index (χ2n) is 4.42. The van der Waals surface area contributed by atoms with Gasteiger partial charge in [-0.15, -0.1) is 0 Å². The van der Waals surface area contributed by atoms with Crippen LogP contribution in [0.1, 0.15) is 24.5 Å². The van der Waals surface area contributed by atoms with Crippen LogP contribution in [0.3, 0.4) is 0 Å². The molecular formula is C13H20N2O. The Kier molecular flexibility index (Phi) is 4.50. The third-order valence-electron chi connectivity index (χ3n) is 2.80. The highest BCUT2D eigenvalue weighted by molar-refractivity contribution is 5.74. The Balaban J connectivity index is 2.53.